The Labute approximate surface area is 99.4 Å². The van der Waals surface area contributed by atoms with Crippen LogP contribution in [0.15, 0.2) is 18.2 Å². The van der Waals surface area contributed by atoms with E-state index in [1.807, 2.05) is 18.2 Å². The van der Waals surface area contributed by atoms with Gasteiger partial charge in [0.2, 0.25) is 0 Å². The molecule has 0 bridgehead atoms. The van der Waals surface area contributed by atoms with Crippen molar-refractivity contribution in [3.8, 4) is 5.75 Å². The van der Waals surface area contributed by atoms with E-state index in [9.17, 15) is 0 Å². The van der Waals surface area contributed by atoms with Crippen LogP contribution in [0.1, 0.15) is 24.7 Å². The Kier molecular flexibility index (Phi) is 1.80. The van der Waals surface area contributed by atoms with E-state index in [0.717, 1.165) is 34.6 Å². The van der Waals surface area contributed by atoms with Gasteiger partial charge in [0.05, 0.1) is 24.2 Å². The van der Waals surface area contributed by atoms with Crippen LogP contribution in [0.2, 0.25) is 0 Å². The first kappa shape index (κ1) is 9.48. The summed E-state index contributed by atoms with van der Waals surface area (Å²) in [6.45, 7) is 0. The topological polar surface area (TPSA) is 49.9 Å². The minimum absolute atomic E-state index is 0.414. The van der Waals surface area contributed by atoms with Gasteiger partial charge in [-0.2, -0.15) is 0 Å². The van der Waals surface area contributed by atoms with Crippen LogP contribution in [0.3, 0.4) is 0 Å². The molecule has 17 heavy (non-hydrogen) atoms. The van der Waals surface area contributed by atoms with Crippen LogP contribution in [0.4, 0.5) is 0 Å². The molecule has 1 saturated carbocycles. The van der Waals surface area contributed by atoms with Crippen LogP contribution in [-0.4, -0.2) is 23.1 Å². The van der Waals surface area contributed by atoms with Crippen molar-refractivity contribution >= 4 is 11.0 Å². The predicted molar refractivity (Wildman–Crippen MR) is 65.0 cm³/mol. The lowest BCUT2D eigenvalue weighted by atomic mass is 10.2. The molecule has 4 rings (SSSR count). The van der Waals surface area contributed by atoms with E-state index in [1.54, 1.807) is 7.11 Å². The number of aromatic amines is 1. The number of benzene rings is 1. The third kappa shape index (κ3) is 1.44. The Bertz CT molecular complexity index is 567. The van der Waals surface area contributed by atoms with Crippen LogP contribution in [0.25, 0.3) is 11.0 Å². The monoisotopic (exact) mass is 229 g/mol. The maximum atomic E-state index is 5.22. The normalized spacial score (nSPS) is 30.5. The second kappa shape index (κ2) is 3.23. The third-order valence-corrected chi connectivity index (χ3v) is 3.91. The highest BCUT2D eigenvalue weighted by Crippen LogP contribution is 2.45. The lowest BCUT2D eigenvalue weighted by Crippen LogP contribution is -2.18. The van der Waals surface area contributed by atoms with Gasteiger partial charge in [0.25, 0.3) is 0 Å². The Morgan fingerprint density at radius 3 is 3.06 bits per heavy atom. The van der Waals surface area contributed by atoms with Gasteiger partial charge in [-0.25, -0.2) is 4.98 Å². The summed E-state index contributed by atoms with van der Waals surface area (Å²) in [5, 5.41) is 3.61. The minimum Gasteiger partial charge on any atom is -0.497 e. The molecule has 0 spiro atoms. The van der Waals surface area contributed by atoms with Crippen molar-refractivity contribution in [3.05, 3.63) is 24.0 Å². The van der Waals surface area contributed by atoms with Gasteiger partial charge in [0.15, 0.2) is 0 Å². The molecule has 1 aromatic carbocycles. The molecule has 1 saturated heterocycles. The first-order valence-electron chi connectivity index (χ1n) is 6.13. The van der Waals surface area contributed by atoms with E-state index in [4.69, 9.17) is 4.74 Å². The second-order valence-electron chi connectivity index (χ2n) is 5.06. The number of piperidine rings is 1. The quantitative estimate of drug-likeness (QED) is 0.828. The molecule has 4 heteroatoms. The molecule has 2 aromatic rings. The molecule has 1 aliphatic carbocycles. The van der Waals surface area contributed by atoms with Gasteiger partial charge in [0, 0.05) is 12.1 Å². The number of rotatable bonds is 2. The SMILES string of the molecule is COc1ccc2nc([C@@H]3C[C@H]4C[C@H]4N3)[nH]c2c1. The van der Waals surface area contributed by atoms with Gasteiger partial charge in [-0.05, 0) is 30.9 Å². The molecule has 88 valence electrons. The molecule has 2 N–H and O–H groups in total. The largest absolute Gasteiger partial charge is 0.497 e. The number of aromatic nitrogens is 2. The molecule has 0 amide bonds. The number of methoxy groups -OCH3 is 1. The maximum absolute atomic E-state index is 5.22. The van der Waals surface area contributed by atoms with Crippen molar-refractivity contribution in [1.29, 1.82) is 0 Å². The molecular weight excluding hydrogens is 214 g/mol. The van der Waals surface area contributed by atoms with E-state index in [0.29, 0.717) is 6.04 Å². The lowest BCUT2D eigenvalue weighted by molar-refractivity contribution is 0.415. The van der Waals surface area contributed by atoms with Gasteiger partial charge in [-0.3, -0.25) is 0 Å². The van der Waals surface area contributed by atoms with E-state index in [-0.39, 0.29) is 0 Å². The summed E-state index contributed by atoms with van der Waals surface area (Å²) in [6, 6.07) is 7.12. The van der Waals surface area contributed by atoms with Crippen molar-refractivity contribution in [2.75, 3.05) is 7.11 Å². The summed E-state index contributed by atoms with van der Waals surface area (Å²) < 4.78 is 5.22. The number of ether oxygens (including phenoxy) is 1. The summed E-state index contributed by atoms with van der Waals surface area (Å²) in [5.41, 5.74) is 2.07. The standard InChI is InChI=1S/C13H15N3O/c1-17-8-2-3-9-11(6-8)16-13(15-9)12-5-7-4-10(7)14-12/h2-3,6-7,10,12,14H,4-5H2,1H3,(H,15,16)/t7-,10-,12+/m1/s1. The van der Waals surface area contributed by atoms with E-state index in [1.165, 1.54) is 12.8 Å². The van der Waals surface area contributed by atoms with Crippen molar-refractivity contribution < 1.29 is 4.74 Å². The van der Waals surface area contributed by atoms with Crippen molar-refractivity contribution in [3.63, 3.8) is 0 Å². The zero-order chi connectivity index (χ0) is 11.4. The Morgan fingerprint density at radius 2 is 2.29 bits per heavy atom. The van der Waals surface area contributed by atoms with Gasteiger partial charge < -0.3 is 15.0 Å². The number of H-pyrrole nitrogens is 1. The highest BCUT2D eigenvalue weighted by molar-refractivity contribution is 5.76. The summed E-state index contributed by atoms with van der Waals surface area (Å²) in [6.07, 6.45) is 2.58. The number of nitrogens with zero attached hydrogens (tertiary/aromatic N) is 1. The molecule has 2 heterocycles. The molecule has 0 unspecified atom stereocenters. The van der Waals surface area contributed by atoms with Crippen molar-refractivity contribution in [2.24, 2.45) is 5.92 Å². The van der Waals surface area contributed by atoms with E-state index in [2.05, 4.69) is 15.3 Å². The van der Waals surface area contributed by atoms with Crippen LogP contribution in [0, 0.1) is 5.92 Å². The van der Waals surface area contributed by atoms with Gasteiger partial charge in [-0.1, -0.05) is 0 Å². The second-order valence-corrected chi connectivity index (χ2v) is 5.06. The zero-order valence-electron chi connectivity index (χ0n) is 9.73. The summed E-state index contributed by atoms with van der Waals surface area (Å²) in [7, 11) is 1.69. The number of imidazole rings is 1. The fourth-order valence-corrected chi connectivity index (χ4v) is 2.83. The predicted octanol–water partition coefficient (Wildman–Crippen LogP) is 1.99. The summed E-state index contributed by atoms with van der Waals surface area (Å²) >= 11 is 0. The molecular formula is C13H15N3O. The van der Waals surface area contributed by atoms with E-state index >= 15 is 0 Å². The van der Waals surface area contributed by atoms with Crippen LogP contribution in [0.5, 0.6) is 5.75 Å². The first-order valence-corrected chi connectivity index (χ1v) is 6.13. The maximum Gasteiger partial charge on any atom is 0.124 e. The third-order valence-electron chi connectivity index (χ3n) is 3.91. The summed E-state index contributed by atoms with van der Waals surface area (Å²) in [4.78, 5) is 8.05. The fourth-order valence-electron chi connectivity index (χ4n) is 2.83. The molecule has 1 aromatic heterocycles. The molecule has 4 nitrogen and oxygen atoms in total. The van der Waals surface area contributed by atoms with Gasteiger partial charge >= 0.3 is 0 Å². The number of hydrogen-bond acceptors (Lipinski definition) is 3. The molecule has 0 radical (unpaired) electrons. The fraction of sp³-hybridized carbons (Fsp3) is 0.462. The van der Waals surface area contributed by atoms with Crippen LogP contribution < -0.4 is 10.1 Å². The van der Waals surface area contributed by atoms with Crippen molar-refractivity contribution in [1.82, 2.24) is 15.3 Å². The average molecular weight is 229 g/mol. The highest BCUT2D eigenvalue weighted by atomic mass is 16.5. The summed E-state index contributed by atoms with van der Waals surface area (Å²) in [5.74, 6) is 2.83. The van der Waals surface area contributed by atoms with Crippen molar-refractivity contribution in [2.45, 2.75) is 24.9 Å². The Morgan fingerprint density at radius 1 is 1.35 bits per heavy atom. The molecule has 2 aliphatic rings. The smallest absolute Gasteiger partial charge is 0.124 e. The average Bonchev–Trinajstić information content (AvgIpc) is 2.80. The van der Waals surface area contributed by atoms with Crippen LogP contribution in [-0.2, 0) is 0 Å². The Balaban J connectivity index is 1.71. The molecule has 3 atom stereocenters. The Hall–Kier alpha value is -1.55. The first-order chi connectivity index (χ1) is 8.33. The number of nitrogens with one attached hydrogen (secondary N) is 2. The van der Waals surface area contributed by atoms with Crippen LogP contribution >= 0.6 is 0 Å². The number of hydrogen-bond donors (Lipinski definition) is 2. The lowest BCUT2D eigenvalue weighted by Gasteiger charge is -2.08. The number of fused-ring (bicyclic) bond motifs is 2. The highest BCUT2D eigenvalue weighted by Gasteiger charge is 2.46. The van der Waals surface area contributed by atoms with Gasteiger partial charge in [0.1, 0.15) is 11.6 Å². The van der Waals surface area contributed by atoms with Gasteiger partial charge in [-0.15, -0.1) is 0 Å². The minimum atomic E-state index is 0.414. The molecule has 2 fully saturated rings. The zero-order valence-corrected chi connectivity index (χ0v) is 9.73. The molecule has 1 aliphatic heterocycles. The van der Waals surface area contributed by atoms with E-state index < -0.39 is 0 Å².